The molecule has 2 heterocycles. The smallest absolute Gasteiger partial charge is 0.282 e. The van der Waals surface area contributed by atoms with Crippen molar-refractivity contribution in [3.05, 3.63) is 0 Å². The van der Waals surface area contributed by atoms with Gasteiger partial charge in [-0.3, -0.25) is 0 Å². The number of morpholine rings is 1. The quantitative estimate of drug-likeness (QED) is 0.797. The summed E-state index contributed by atoms with van der Waals surface area (Å²) >= 11 is 0. The van der Waals surface area contributed by atoms with Crippen LogP contribution < -0.4 is 5.32 Å². The summed E-state index contributed by atoms with van der Waals surface area (Å²) in [7, 11) is -1.46. The van der Waals surface area contributed by atoms with E-state index in [1.807, 2.05) is 20.9 Å². The molecule has 2 aliphatic heterocycles. The SMILES string of the molecule is CNC1CCCN(S(=O)(=O)N2CCOC(C)(C)C2)C1. The molecule has 1 atom stereocenters. The van der Waals surface area contributed by atoms with E-state index in [1.54, 1.807) is 8.61 Å². The summed E-state index contributed by atoms with van der Waals surface area (Å²) in [5.74, 6) is 0. The van der Waals surface area contributed by atoms with Crippen molar-refractivity contribution in [2.75, 3.05) is 39.8 Å². The minimum atomic E-state index is -3.35. The predicted molar refractivity (Wildman–Crippen MR) is 74.2 cm³/mol. The molecule has 2 fully saturated rings. The van der Waals surface area contributed by atoms with Crippen molar-refractivity contribution < 1.29 is 13.2 Å². The van der Waals surface area contributed by atoms with Crippen molar-refractivity contribution >= 4 is 10.2 Å². The molecule has 2 rings (SSSR count). The number of nitrogens with zero attached hydrogens (tertiary/aromatic N) is 2. The molecule has 112 valence electrons. The third kappa shape index (κ3) is 3.46. The molecule has 2 aliphatic rings. The van der Waals surface area contributed by atoms with Crippen molar-refractivity contribution in [2.45, 2.75) is 38.3 Å². The summed E-state index contributed by atoms with van der Waals surface area (Å²) in [5.41, 5.74) is -0.399. The molecule has 0 saturated carbocycles. The van der Waals surface area contributed by atoms with Gasteiger partial charge >= 0.3 is 0 Å². The van der Waals surface area contributed by atoms with Gasteiger partial charge in [-0.1, -0.05) is 0 Å². The Hall–Kier alpha value is -0.210. The molecule has 7 heteroatoms. The van der Waals surface area contributed by atoms with Crippen molar-refractivity contribution in [1.29, 1.82) is 0 Å². The van der Waals surface area contributed by atoms with E-state index in [-0.39, 0.29) is 6.04 Å². The van der Waals surface area contributed by atoms with Gasteiger partial charge in [-0.25, -0.2) is 0 Å². The van der Waals surface area contributed by atoms with E-state index in [2.05, 4.69) is 5.32 Å². The third-order valence-electron chi connectivity index (χ3n) is 3.84. The Morgan fingerprint density at radius 1 is 1.26 bits per heavy atom. The van der Waals surface area contributed by atoms with Gasteiger partial charge in [-0.2, -0.15) is 17.0 Å². The number of nitrogens with one attached hydrogen (secondary N) is 1. The van der Waals surface area contributed by atoms with Gasteiger partial charge in [0.15, 0.2) is 0 Å². The minimum Gasteiger partial charge on any atom is -0.373 e. The molecule has 0 aromatic heterocycles. The summed E-state index contributed by atoms with van der Waals surface area (Å²) in [6.45, 7) is 6.40. The zero-order chi connectivity index (χ0) is 14.1. The summed E-state index contributed by atoms with van der Waals surface area (Å²) in [6.07, 6.45) is 1.95. The number of hydrogen-bond acceptors (Lipinski definition) is 4. The maximum atomic E-state index is 12.7. The Morgan fingerprint density at radius 3 is 2.63 bits per heavy atom. The van der Waals surface area contributed by atoms with Gasteiger partial charge in [0, 0.05) is 32.2 Å². The molecular formula is C12H25N3O3S. The lowest BCUT2D eigenvalue weighted by atomic mass is 10.1. The predicted octanol–water partition coefficient (Wildman–Crippen LogP) is 0.0258. The molecular weight excluding hydrogens is 266 g/mol. The van der Waals surface area contributed by atoms with Crippen LogP contribution >= 0.6 is 0 Å². The third-order valence-corrected chi connectivity index (χ3v) is 5.78. The molecule has 1 unspecified atom stereocenters. The van der Waals surface area contributed by atoms with Crippen LogP contribution in [-0.4, -0.2) is 68.5 Å². The molecule has 0 aliphatic carbocycles. The first-order valence-corrected chi connectivity index (χ1v) is 8.31. The maximum Gasteiger partial charge on any atom is 0.282 e. The number of likely N-dealkylation sites (N-methyl/N-ethyl adjacent to an activating group) is 1. The highest BCUT2D eigenvalue weighted by Crippen LogP contribution is 2.23. The van der Waals surface area contributed by atoms with E-state index in [1.165, 1.54) is 0 Å². The summed E-state index contributed by atoms with van der Waals surface area (Å²) in [6, 6.07) is 0.262. The molecule has 0 aromatic carbocycles. The van der Waals surface area contributed by atoms with E-state index in [0.29, 0.717) is 32.8 Å². The van der Waals surface area contributed by atoms with Crippen LogP contribution in [0.3, 0.4) is 0 Å². The van der Waals surface area contributed by atoms with E-state index < -0.39 is 15.8 Å². The van der Waals surface area contributed by atoms with Crippen LogP contribution in [0.4, 0.5) is 0 Å². The van der Waals surface area contributed by atoms with Crippen molar-refractivity contribution in [2.24, 2.45) is 0 Å². The molecule has 0 amide bonds. The molecule has 0 radical (unpaired) electrons. The van der Waals surface area contributed by atoms with Crippen LogP contribution in [0.2, 0.25) is 0 Å². The highest BCUT2D eigenvalue weighted by Gasteiger charge is 2.38. The topological polar surface area (TPSA) is 61.9 Å². The van der Waals surface area contributed by atoms with E-state index >= 15 is 0 Å². The molecule has 0 aromatic rings. The van der Waals surface area contributed by atoms with Crippen LogP contribution in [0, 0.1) is 0 Å². The van der Waals surface area contributed by atoms with Gasteiger partial charge in [0.2, 0.25) is 0 Å². The van der Waals surface area contributed by atoms with Crippen LogP contribution in [-0.2, 0) is 14.9 Å². The number of ether oxygens (including phenoxy) is 1. The number of piperidine rings is 1. The molecule has 6 nitrogen and oxygen atoms in total. The summed E-state index contributed by atoms with van der Waals surface area (Å²) < 4.78 is 34.1. The molecule has 19 heavy (non-hydrogen) atoms. The van der Waals surface area contributed by atoms with Crippen LogP contribution in [0.25, 0.3) is 0 Å². The number of hydrogen-bond donors (Lipinski definition) is 1. The monoisotopic (exact) mass is 291 g/mol. The fourth-order valence-electron chi connectivity index (χ4n) is 2.72. The first kappa shape index (κ1) is 15.2. The average molecular weight is 291 g/mol. The van der Waals surface area contributed by atoms with Gasteiger partial charge in [-0.15, -0.1) is 0 Å². The highest BCUT2D eigenvalue weighted by molar-refractivity contribution is 7.86. The Kier molecular flexibility index (Phi) is 4.52. The lowest BCUT2D eigenvalue weighted by Crippen LogP contribution is -2.57. The second-order valence-corrected chi connectivity index (χ2v) is 7.86. The van der Waals surface area contributed by atoms with Crippen molar-refractivity contribution in [3.63, 3.8) is 0 Å². The number of rotatable bonds is 3. The largest absolute Gasteiger partial charge is 0.373 e. The van der Waals surface area contributed by atoms with E-state index in [4.69, 9.17) is 4.74 Å². The Balaban J connectivity index is 2.08. The molecule has 0 spiro atoms. The van der Waals surface area contributed by atoms with Gasteiger partial charge in [-0.05, 0) is 33.7 Å². The first-order valence-electron chi connectivity index (χ1n) is 6.91. The van der Waals surface area contributed by atoms with Gasteiger partial charge < -0.3 is 10.1 Å². The lowest BCUT2D eigenvalue weighted by Gasteiger charge is -2.41. The lowest BCUT2D eigenvalue weighted by molar-refractivity contribution is -0.0653. The van der Waals surface area contributed by atoms with Gasteiger partial charge in [0.05, 0.1) is 12.2 Å². The zero-order valence-corrected chi connectivity index (χ0v) is 12.9. The van der Waals surface area contributed by atoms with Crippen LogP contribution in [0.15, 0.2) is 0 Å². The Labute approximate surface area is 116 Å². The minimum absolute atomic E-state index is 0.262. The second-order valence-electron chi connectivity index (χ2n) is 5.94. The average Bonchev–Trinajstić information content (AvgIpc) is 2.37. The normalized spacial score (nSPS) is 30.4. The van der Waals surface area contributed by atoms with Gasteiger partial charge in [0.25, 0.3) is 10.2 Å². The Bertz CT molecular complexity index is 410. The fourth-order valence-corrected chi connectivity index (χ4v) is 4.56. The van der Waals surface area contributed by atoms with E-state index in [0.717, 1.165) is 12.8 Å². The summed E-state index contributed by atoms with van der Waals surface area (Å²) in [4.78, 5) is 0. The van der Waals surface area contributed by atoms with Crippen molar-refractivity contribution in [3.8, 4) is 0 Å². The highest BCUT2D eigenvalue weighted by atomic mass is 32.2. The standard InChI is InChI=1S/C12H25N3O3S/c1-12(2)10-15(7-8-18-12)19(16,17)14-6-4-5-11(9-14)13-3/h11,13H,4-10H2,1-3H3. The van der Waals surface area contributed by atoms with Crippen LogP contribution in [0.5, 0.6) is 0 Å². The Morgan fingerprint density at radius 2 is 2.00 bits per heavy atom. The fraction of sp³-hybridized carbons (Fsp3) is 1.00. The van der Waals surface area contributed by atoms with Crippen molar-refractivity contribution in [1.82, 2.24) is 13.9 Å². The second kappa shape index (κ2) is 5.65. The molecule has 2 saturated heterocycles. The van der Waals surface area contributed by atoms with Crippen LogP contribution in [0.1, 0.15) is 26.7 Å². The zero-order valence-electron chi connectivity index (χ0n) is 12.1. The first-order chi connectivity index (χ1) is 8.85. The molecule has 1 N–H and O–H groups in total. The summed E-state index contributed by atoms with van der Waals surface area (Å²) in [5, 5.41) is 3.18. The van der Waals surface area contributed by atoms with Gasteiger partial charge in [0.1, 0.15) is 0 Å². The molecule has 0 bridgehead atoms. The van der Waals surface area contributed by atoms with E-state index in [9.17, 15) is 8.42 Å². The maximum absolute atomic E-state index is 12.7.